The highest BCUT2D eigenvalue weighted by Crippen LogP contribution is 2.37. The van der Waals surface area contributed by atoms with Crippen molar-refractivity contribution in [2.45, 2.75) is 38.1 Å². The fraction of sp³-hybridized carbons (Fsp3) is 0.375. The Kier molecular flexibility index (Phi) is 4.40. The van der Waals surface area contributed by atoms with E-state index in [1.54, 1.807) is 29.2 Å². The van der Waals surface area contributed by atoms with Crippen molar-refractivity contribution in [1.29, 1.82) is 0 Å². The smallest absolute Gasteiger partial charge is 0.266 e. The molecule has 1 saturated carbocycles. The molecule has 1 heterocycles. The molecule has 3 rings (SSSR count). The predicted molar refractivity (Wildman–Crippen MR) is 88.3 cm³/mol. The Balaban J connectivity index is 1.84. The van der Waals surface area contributed by atoms with Crippen LogP contribution in [0.5, 0.6) is 0 Å². The van der Waals surface area contributed by atoms with Gasteiger partial charge < -0.3 is 0 Å². The number of rotatable bonds is 2. The van der Waals surface area contributed by atoms with Crippen molar-refractivity contribution in [2.24, 2.45) is 0 Å². The van der Waals surface area contributed by atoms with Gasteiger partial charge in [0.25, 0.3) is 5.91 Å². The standard InChI is InChI=1S/C16H16FNOS2/c17-13-9-5-4-6-11(13)10-14-15(19)18(16(20)21-14)12-7-2-1-3-8-12/h4-6,9-10,12H,1-3,7-8H2/b14-10+. The maximum Gasteiger partial charge on any atom is 0.266 e. The van der Waals surface area contributed by atoms with Gasteiger partial charge in [-0.3, -0.25) is 9.69 Å². The molecule has 1 aromatic rings. The minimum absolute atomic E-state index is 0.0693. The van der Waals surface area contributed by atoms with Crippen LogP contribution in [-0.2, 0) is 4.79 Å². The molecule has 1 aliphatic carbocycles. The van der Waals surface area contributed by atoms with Crippen LogP contribution in [0, 0.1) is 5.82 Å². The minimum atomic E-state index is -0.319. The molecule has 1 saturated heterocycles. The van der Waals surface area contributed by atoms with E-state index in [1.807, 2.05) is 0 Å². The SMILES string of the molecule is O=C1/C(=C\c2ccccc2F)SC(=S)N1C1CCCCC1. The summed E-state index contributed by atoms with van der Waals surface area (Å²) in [7, 11) is 0. The van der Waals surface area contributed by atoms with Gasteiger partial charge >= 0.3 is 0 Å². The van der Waals surface area contributed by atoms with Crippen molar-refractivity contribution in [3.05, 3.63) is 40.6 Å². The summed E-state index contributed by atoms with van der Waals surface area (Å²) in [5.41, 5.74) is 0.432. The lowest BCUT2D eigenvalue weighted by molar-refractivity contribution is -0.124. The number of amides is 1. The highest BCUT2D eigenvalue weighted by molar-refractivity contribution is 8.26. The Labute approximate surface area is 133 Å². The Hall–Kier alpha value is -1.20. The number of carbonyl (C=O) groups excluding carboxylic acids is 1. The molecule has 0 spiro atoms. The molecule has 0 bridgehead atoms. The third-order valence-electron chi connectivity index (χ3n) is 3.96. The number of carbonyl (C=O) groups is 1. The lowest BCUT2D eigenvalue weighted by Crippen LogP contribution is -2.39. The van der Waals surface area contributed by atoms with Crippen LogP contribution in [0.25, 0.3) is 6.08 Å². The fourth-order valence-electron chi connectivity index (χ4n) is 2.87. The summed E-state index contributed by atoms with van der Waals surface area (Å²) in [6.45, 7) is 0. The number of hydrogen-bond acceptors (Lipinski definition) is 3. The van der Waals surface area contributed by atoms with Crippen molar-refractivity contribution >= 4 is 40.3 Å². The van der Waals surface area contributed by atoms with Gasteiger partial charge in [0, 0.05) is 11.6 Å². The fourth-order valence-corrected chi connectivity index (χ4v) is 4.26. The number of thioether (sulfide) groups is 1. The molecule has 21 heavy (non-hydrogen) atoms. The maximum absolute atomic E-state index is 13.7. The molecule has 1 aromatic carbocycles. The topological polar surface area (TPSA) is 20.3 Å². The van der Waals surface area contributed by atoms with Gasteiger partial charge in [0.15, 0.2) is 0 Å². The molecule has 0 unspecified atom stereocenters. The highest BCUT2D eigenvalue weighted by Gasteiger charge is 2.37. The van der Waals surface area contributed by atoms with E-state index in [4.69, 9.17) is 12.2 Å². The van der Waals surface area contributed by atoms with Crippen molar-refractivity contribution in [1.82, 2.24) is 4.90 Å². The Morgan fingerprint density at radius 1 is 1.24 bits per heavy atom. The summed E-state index contributed by atoms with van der Waals surface area (Å²) >= 11 is 6.64. The summed E-state index contributed by atoms with van der Waals surface area (Å²) in [4.78, 5) is 14.8. The van der Waals surface area contributed by atoms with E-state index in [9.17, 15) is 9.18 Å². The summed E-state index contributed by atoms with van der Waals surface area (Å²) in [5, 5.41) is 0. The van der Waals surface area contributed by atoms with E-state index in [0.29, 0.717) is 14.8 Å². The molecular weight excluding hydrogens is 305 g/mol. The van der Waals surface area contributed by atoms with Gasteiger partial charge in [-0.1, -0.05) is 61.4 Å². The summed E-state index contributed by atoms with van der Waals surface area (Å²) in [6, 6.07) is 6.69. The van der Waals surface area contributed by atoms with E-state index in [0.717, 1.165) is 25.7 Å². The first-order chi connectivity index (χ1) is 10.2. The first kappa shape index (κ1) is 14.7. The van der Waals surface area contributed by atoms with Crippen LogP contribution in [-0.4, -0.2) is 21.2 Å². The van der Waals surface area contributed by atoms with Gasteiger partial charge in [0.2, 0.25) is 0 Å². The molecule has 2 fully saturated rings. The van der Waals surface area contributed by atoms with Crippen LogP contribution >= 0.6 is 24.0 Å². The zero-order valence-corrected chi connectivity index (χ0v) is 13.2. The molecular formula is C16H16FNOS2. The molecule has 0 atom stereocenters. The predicted octanol–water partition coefficient (Wildman–Crippen LogP) is 4.36. The first-order valence-electron chi connectivity index (χ1n) is 7.18. The second kappa shape index (κ2) is 6.28. The molecule has 1 amide bonds. The molecule has 2 aliphatic rings. The third kappa shape index (κ3) is 3.04. The highest BCUT2D eigenvalue weighted by atomic mass is 32.2. The van der Waals surface area contributed by atoms with E-state index in [1.165, 1.54) is 24.2 Å². The Morgan fingerprint density at radius 3 is 2.67 bits per heavy atom. The molecule has 5 heteroatoms. The van der Waals surface area contributed by atoms with Gasteiger partial charge in [0.1, 0.15) is 10.1 Å². The molecule has 110 valence electrons. The minimum Gasteiger partial charge on any atom is -0.290 e. The van der Waals surface area contributed by atoms with Gasteiger partial charge in [-0.25, -0.2) is 4.39 Å². The second-order valence-corrected chi connectivity index (χ2v) is 7.04. The van der Waals surface area contributed by atoms with Gasteiger partial charge in [0.05, 0.1) is 4.91 Å². The van der Waals surface area contributed by atoms with Crippen LogP contribution in [0.3, 0.4) is 0 Å². The zero-order valence-electron chi connectivity index (χ0n) is 11.5. The number of thiocarbonyl (C=S) groups is 1. The van der Waals surface area contributed by atoms with E-state index >= 15 is 0 Å². The molecule has 0 N–H and O–H groups in total. The average Bonchev–Trinajstić information content (AvgIpc) is 2.77. The van der Waals surface area contributed by atoms with E-state index in [2.05, 4.69) is 0 Å². The second-order valence-electron chi connectivity index (χ2n) is 5.37. The van der Waals surface area contributed by atoms with Crippen LogP contribution in [0.1, 0.15) is 37.7 Å². The molecule has 0 radical (unpaired) electrons. The lowest BCUT2D eigenvalue weighted by Gasteiger charge is -2.29. The Bertz CT molecular complexity index is 608. The van der Waals surface area contributed by atoms with Gasteiger partial charge in [-0.05, 0) is 25.0 Å². The Morgan fingerprint density at radius 2 is 1.95 bits per heavy atom. The normalized spacial score (nSPS) is 22.3. The lowest BCUT2D eigenvalue weighted by atomic mass is 9.94. The maximum atomic E-state index is 13.7. The van der Waals surface area contributed by atoms with Crippen LogP contribution in [0.15, 0.2) is 29.2 Å². The number of benzene rings is 1. The summed E-state index contributed by atoms with van der Waals surface area (Å²) in [5.74, 6) is -0.388. The van der Waals surface area contributed by atoms with Crippen LogP contribution in [0.2, 0.25) is 0 Å². The third-order valence-corrected chi connectivity index (χ3v) is 5.29. The monoisotopic (exact) mass is 321 g/mol. The van der Waals surface area contributed by atoms with Crippen LogP contribution in [0.4, 0.5) is 4.39 Å². The molecule has 2 nitrogen and oxygen atoms in total. The van der Waals surface area contributed by atoms with E-state index < -0.39 is 0 Å². The number of halogens is 1. The quantitative estimate of drug-likeness (QED) is 0.596. The van der Waals surface area contributed by atoms with Crippen molar-refractivity contribution < 1.29 is 9.18 Å². The van der Waals surface area contributed by atoms with Crippen LogP contribution < -0.4 is 0 Å². The van der Waals surface area contributed by atoms with Gasteiger partial charge in [-0.2, -0.15) is 0 Å². The van der Waals surface area contributed by atoms with Crippen molar-refractivity contribution in [2.75, 3.05) is 0 Å². The summed E-state index contributed by atoms with van der Waals surface area (Å²) < 4.78 is 14.3. The average molecular weight is 321 g/mol. The molecule has 0 aromatic heterocycles. The van der Waals surface area contributed by atoms with Crippen molar-refractivity contribution in [3.63, 3.8) is 0 Å². The zero-order chi connectivity index (χ0) is 14.8. The first-order valence-corrected chi connectivity index (χ1v) is 8.41. The van der Waals surface area contributed by atoms with Crippen molar-refractivity contribution in [3.8, 4) is 0 Å². The van der Waals surface area contributed by atoms with E-state index in [-0.39, 0.29) is 17.8 Å². The largest absolute Gasteiger partial charge is 0.290 e. The summed E-state index contributed by atoms with van der Waals surface area (Å²) in [6.07, 6.45) is 7.16. The van der Waals surface area contributed by atoms with Gasteiger partial charge in [-0.15, -0.1) is 0 Å². The molecule has 1 aliphatic heterocycles. The number of nitrogens with zero attached hydrogens (tertiary/aromatic N) is 1. The number of hydrogen-bond donors (Lipinski definition) is 0.